The Morgan fingerprint density at radius 1 is 1.38 bits per heavy atom. The van der Waals surface area contributed by atoms with Gasteiger partial charge in [-0.1, -0.05) is 0 Å². The summed E-state index contributed by atoms with van der Waals surface area (Å²) >= 11 is 0. The first kappa shape index (κ1) is 8.35. The van der Waals surface area contributed by atoms with Crippen LogP contribution >= 0.6 is 7.72 Å². The summed E-state index contributed by atoms with van der Waals surface area (Å²) < 4.78 is 0. The first-order valence-corrected chi connectivity index (χ1v) is 5.47. The summed E-state index contributed by atoms with van der Waals surface area (Å²) in [5.41, 5.74) is 0. The van der Waals surface area contributed by atoms with Gasteiger partial charge in [-0.25, -0.2) is 0 Å². The molecule has 0 aliphatic rings. The Hall–Kier alpha value is 0.350. The molecule has 0 rings (SSSR count). The van der Waals surface area contributed by atoms with Crippen LogP contribution in [-0.4, -0.2) is 22.6 Å². The van der Waals surface area contributed by atoms with Crippen LogP contribution in [0.25, 0.3) is 0 Å². The average molecular weight is 138 g/mol. The van der Waals surface area contributed by atoms with Crippen molar-refractivity contribution in [2.75, 3.05) is 12.8 Å². The summed E-state index contributed by atoms with van der Waals surface area (Å²) in [4.78, 5) is 17.8. The third kappa shape index (κ3) is 6.35. The van der Waals surface area contributed by atoms with Gasteiger partial charge in [-0.15, -0.1) is 0 Å². The molecule has 0 bridgehead atoms. The molecule has 52 valence electrons. The summed E-state index contributed by atoms with van der Waals surface area (Å²) in [6.45, 7) is 5.50. The molecule has 0 aromatic heterocycles. The second kappa shape index (κ2) is 2.77. The molecule has 3 heteroatoms. The zero-order valence-corrected chi connectivity index (χ0v) is 6.68. The van der Waals surface area contributed by atoms with Crippen LogP contribution in [0.4, 0.5) is 0 Å². The molecule has 8 heavy (non-hydrogen) atoms. The first-order valence-electron chi connectivity index (χ1n) is 2.86. The van der Waals surface area contributed by atoms with Crippen LogP contribution in [0.15, 0.2) is 0 Å². The standard InChI is InChI=1S/C5H15O2P/c1-5(2)4-8(3,6)7/h5-8H,4H2,1-3H3. The molecule has 0 heterocycles. The third-order valence-corrected chi connectivity index (χ3v) is 2.38. The van der Waals surface area contributed by atoms with Crippen molar-refractivity contribution >= 4 is 7.72 Å². The molecule has 0 unspecified atom stereocenters. The van der Waals surface area contributed by atoms with Gasteiger partial charge in [-0.2, -0.15) is 0 Å². The van der Waals surface area contributed by atoms with Crippen molar-refractivity contribution < 1.29 is 9.79 Å². The molecule has 2 N–H and O–H groups in total. The van der Waals surface area contributed by atoms with E-state index < -0.39 is 7.72 Å². The maximum atomic E-state index is 8.88. The minimum absolute atomic E-state index is 0.404. The van der Waals surface area contributed by atoms with Gasteiger partial charge in [-0.3, -0.25) is 0 Å². The quantitative estimate of drug-likeness (QED) is 0.555. The van der Waals surface area contributed by atoms with Crippen molar-refractivity contribution in [3.63, 3.8) is 0 Å². The third-order valence-electron chi connectivity index (χ3n) is 0.795. The van der Waals surface area contributed by atoms with Crippen molar-refractivity contribution in [1.82, 2.24) is 0 Å². The molecule has 0 radical (unpaired) electrons. The summed E-state index contributed by atoms with van der Waals surface area (Å²) in [6.07, 6.45) is 0.576. The second-order valence-electron chi connectivity index (χ2n) is 2.81. The van der Waals surface area contributed by atoms with E-state index in [1.807, 2.05) is 13.8 Å². The molecular formula is C5H15O2P. The molecular weight excluding hydrogens is 123 g/mol. The number of rotatable bonds is 2. The Labute approximate surface area is 51.0 Å². The van der Waals surface area contributed by atoms with Crippen LogP contribution in [0.3, 0.4) is 0 Å². The molecule has 0 fully saturated rings. The first-order chi connectivity index (χ1) is 3.42. The molecule has 0 saturated carbocycles. The summed E-state index contributed by atoms with van der Waals surface area (Å²) in [6, 6.07) is 0. The van der Waals surface area contributed by atoms with Crippen molar-refractivity contribution in [2.45, 2.75) is 13.8 Å². The minimum atomic E-state index is -2.72. The van der Waals surface area contributed by atoms with Gasteiger partial charge < -0.3 is 0 Å². The molecule has 0 amide bonds. The van der Waals surface area contributed by atoms with Crippen molar-refractivity contribution in [3.8, 4) is 0 Å². The second-order valence-corrected chi connectivity index (χ2v) is 5.66. The van der Waals surface area contributed by atoms with Gasteiger partial charge in [0.05, 0.1) is 0 Å². The van der Waals surface area contributed by atoms with Gasteiger partial charge in [0.2, 0.25) is 0 Å². The molecule has 0 aliphatic heterocycles. The van der Waals surface area contributed by atoms with Gasteiger partial charge in [0.25, 0.3) is 0 Å². The normalized spacial score (nSPS) is 14.8. The van der Waals surface area contributed by atoms with E-state index in [-0.39, 0.29) is 0 Å². The fourth-order valence-electron chi connectivity index (χ4n) is 0.773. The molecule has 2 nitrogen and oxygen atoms in total. The Morgan fingerprint density at radius 2 is 1.75 bits per heavy atom. The fourth-order valence-corrected chi connectivity index (χ4v) is 2.32. The van der Waals surface area contributed by atoms with Crippen molar-refractivity contribution in [1.29, 1.82) is 0 Å². The average Bonchev–Trinajstić information content (AvgIpc) is 1.21. The Bertz CT molecular complexity index is 65.3. The van der Waals surface area contributed by atoms with Crippen LogP contribution in [0, 0.1) is 5.92 Å². The van der Waals surface area contributed by atoms with E-state index in [4.69, 9.17) is 9.79 Å². The predicted molar refractivity (Wildman–Crippen MR) is 38.4 cm³/mol. The molecule has 0 atom stereocenters. The van der Waals surface area contributed by atoms with E-state index in [1.165, 1.54) is 6.66 Å². The monoisotopic (exact) mass is 138 g/mol. The van der Waals surface area contributed by atoms with Gasteiger partial charge in [0, 0.05) is 0 Å². The molecule has 0 aliphatic carbocycles. The van der Waals surface area contributed by atoms with E-state index in [1.54, 1.807) is 0 Å². The van der Waals surface area contributed by atoms with Gasteiger partial charge >= 0.3 is 50.1 Å². The van der Waals surface area contributed by atoms with Gasteiger partial charge in [0.1, 0.15) is 0 Å². The zero-order valence-electron chi connectivity index (χ0n) is 5.68. The summed E-state index contributed by atoms with van der Waals surface area (Å²) in [5, 5.41) is 0. The Kier molecular flexibility index (Phi) is 2.89. The SMILES string of the molecule is CC(C)C[PH](C)(O)O. The zero-order chi connectivity index (χ0) is 6.78. The number of hydrogen-bond donors (Lipinski definition) is 2. The van der Waals surface area contributed by atoms with Crippen LogP contribution in [-0.2, 0) is 0 Å². The molecule has 0 spiro atoms. The van der Waals surface area contributed by atoms with Gasteiger partial charge in [0.15, 0.2) is 0 Å². The summed E-state index contributed by atoms with van der Waals surface area (Å²) in [7, 11) is -2.72. The van der Waals surface area contributed by atoms with E-state index in [0.717, 1.165) is 0 Å². The van der Waals surface area contributed by atoms with Crippen LogP contribution in [0.2, 0.25) is 0 Å². The van der Waals surface area contributed by atoms with Crippen LogP contribution in [0.5, 0.6) is 0 Å². The van der Waals surface area contributed by atoms with E-state index in [0.29, 0.717) is 12.1 Å². The van der Waals surface area contributed by atoms with Crippen molar-refractivity contribution in [2.24, 2.45) is 5.92 Å². The fraction of sp³-hybridized carbons (Fsp3) is 1.00. The van der Waals surface area contributed by atoms with E-state index in [9.17, 15) is 0 Å². The van der Waals surface area contributed by atoms with Gasteiger partial charge in [-0.05, 0) is 0 Å². The molecule has 0 aromatic rings. The van der Waals surface area contributed by atoms with Crippen LogP contribution < -0.4 is 0 Å². The Balaban J connectivity index is 3.39. The van der Waals surface area contributed by atoms with Crippen molar-refractivity contribution in [3.05, 3.63) is 0 Å². The van der Waals surface area contributed by atoms with E-state index in [2.05, 4.69) is 0 Å². The molecule has 0 saturated heterocycles. The predicted octanol–water partition coefficient (Wildman–Crippen LogP) is 0.837. The summed E-state index contributed by atoms with van der Waals surface area (Å²) in [5.74, 6) is 0.404. The maximum absolute atomic E-state index is 8.88. The Morgan fingerprint density at radius 3 is 1.75 bits per heavy atom. The van der Waals surface area contributed by atoms with E-state index >= 15 is 0 Å². The topological polar surface area (TPSA) is 40.5 Å². The molecule has 0 aromatic carbocycles. The number of hydrogen-bond acceptors (Lipinski definition) is 2. The van der Waals surface area contributed by atoms with Crippen LogP contribution in [0.1, 0.15) is 13.8 Å².